The quantitative estimate of drug-likeness (QED) is 0.217. The van der Waals surface area contributed by atoms with Gasteiger partial charge in [-0.2, -0.15) is 0 Å². The molecule has 3 aromatic carbocycles. The Kier molecular flexibility index (Phi) is 7.33. The van der Waals surface area contributed by atoms with Crippen molar-refractivity contribution in [3.8, 4) is 0 Å². The van der Waals surface area contributed by atoms with Crippen LogP contribution in [0.25, 0.3) is 0 Å². The zero-order valence-corrected chi connectivity index (χ0v) is 19.3. The molecule has 0 saturated carbocycles. The van der Waals surface area contributed by atoms with Gasteiger partial charge in [-0.05, 0) is 29.7 Å². The highest BCUT2D eigenvalue weighted by molar-refractivity contribution is 9.10. The average Bonchev–Trinajstić information content (AvgIpc) is 3.19. The topological polar surface area (TPSA) is 47.8 Å². The Morgan fingerprint density at radius 2 is 1.45 bits per heavy atom. The molecule has 4 rings (SSSR count). The molecular formula is C25H22BrN3OS. The molecule has 6 heteroatoms. The summed E-state index contributed by atoms with van der Waals surface area (Å²) in [4.78, 5) is 12.6. The SMILES string of the molecule is O=C(CSc1nnc(CCc2ccccc2)n1Cc1ccccc1)c1ccc(Br)cc1. The van der Waals surface area contributed by atoms with Crippen molar-refractivity contribution in [2.45, 2.75) is 24.5 Å². The van der Waals surface area contributed by atoms with Gasteiger partial charge in [0.25, 0.3) is 0 Å². The molecule has 0 spiro atoms. The first-order valence-corrected chi connectivity index (χ1v) is 11.9. The molecule has 4 aromatic rings. The smallest absolute Gasteiger partial charge is 0.191 e. The predicted octanol–water partition coefficient (Wildman–Crippen LogP) is 5.85. The Labute approximate surface area is 194 Å². The summed E-state index contributed by atoms with van der Waals surface area (Å²) >= 11 is 4.85. The number of aromatic nitrogens is 3. The predicted molar refractivity (Wildman–Crippen MR) is 129 cm³/mol. The number of hydrogen-bond acceptors (Lipinski definition) is 4. The highest BCUT2D eigenvalue weighted by atomic mass is 79.9. The van der Waals surface area contributed by atoms with Crippen LogP contribution >= 0.6 is 27.7 Å². The number of Topliss-reactive ketones (excluding diaryl/α,β-unsaturated/α-hetero) is 1. The summed E-state index contributed by atoms with van der Waals surface area (Å²) in [5.74, 6) is 1.34. The fourth-order valence-electron chi connectivity index (χ4n) is 3.29. The summed E-state index contributed by atoms with van der Waals surface area (Å²) in [5, 5.41) is 9.66. The van der Waals surface area contributed by atoms with E-state index < -0.39 is 0 Å². The van der Waals surface area contributed by atoms with Gasteiger partial charge in [0.2, 0.25) is 0 Å². The summed E-state index contributed by atoms with van der Waals surface area (Å²) in [6.45, 7) is 0.687. The van der Waals surface area contributed by atoms with Crippen molar-refractivity contribution in [2.24, 2.45) is 0 Å². The van der Waals surface area contributed by atoms with Gasteiger partial charge in [0, 0.05) is 16.5 Å². The lowest BCUT2D eigenvalue weighted by atomic mass is 10.1. The third-order valence-electron chi connectivity index (χ3n) is 4.96. The van der Waals surface area contributed by atoms with Crippen molar-refractivity contribution < 1.29 is 4.79 Å². The summed E-state index contributed by atoms with van der Waals surface area (Å²) in [7, 11) is 0. The molecule has 0 aliphatic rings. The van der Waals surface area contributed by atoms with Gasteiger partial charge < -0.3 is 4.57 Å². The number of carbonyl (C=O) groups is 1. The lowest BCUT2D eigenvalue weighted by Crippen LogP contribution is -2.09. The first kappa shape index (κ1) is 21.5. The number of halogens is 1. The van der Waals surface area contributed by atoms with Crippen molar-refractivity contribution in [2.75, 3.05) is 5.75 Å². The van der Waals surface area contributed by atoms with E-state index in [-0.39, 0.29) is 5.78 Å². The van der Waals surface area contributed by atoms with Crippen molar-refractivity contribution >= 4 is 33.5 Å². The van der Waals surface area contributed by atoms with E-state index in [1.54, 1.807) is 0 Å². The van der Waals surface area contributed by atoms with Crippen molar-refractivity contribution in [3.05, 3.63) is 112 Å². The van der Waals surface area contributed by atoms with Crippen LogP contribution in [0.3, 0.4) is 0 Å². The second-order valence-electron chi connectivity index (χ2n) is 7.17. The third-order valence-corrected chi connectivity index (χ3v) is 6.45. The molecule has 4 nitrogen and oxygen atoms in total. The van der Waals surface area contributed by atoms with Crippen LogP contribution in [-0.2, 0) is 19.4 Å². The van der Waals surface area contributed by atoms with E-state index in [2.05, 4.69) is 67.1 Å². The summed E-state index contributed by atoms with van der Waals surface area (Å²) in [6, 6.07) is 28.1. The number of ketones is 1. The van der Waals surface area contributed by atoms with Gasteiger partial charge in [-0.15, -0.1) is 10.2 Å². The van der Waals surface area contributed by atoms with Crippen LogP contribution in [0.15, 0.2) is 94.6 Å². The fourth-order valence-corrected chi connectivity index (χ4v) is 4.40. The first-order valence-electron chi connectivity index (χ1n) is 10.1. The molecule has 0 fully saturated rings. The number of carbonyl (C=O) groups excluding carboxylic acids is 1. The molecular weight excluding hydrogens is 470 g/mol. The van der Waals surface area contributed by atoms with Crippen LogP contribution in [0.5, 0.6) is 0 Å². The minimum atomic E-state index is 0.0811. The number of benzene rings is 3. The van der Waals surface area contributed by atoms with Gasteiger partial charge >= 0.3 is 0 Å². The Hall–Kier alpha value is -2.70. The summed E-state index contributed by atoms with van der Waals surface area (Å²) in [5.41, 5.74) is 3.16. The highest BCUT2D eigenvalue weighted by Gasteiger charge is 2.15. The lowest BCUT2D eigenvalue weighted by molar-refractivity contribution is 0.102. The van der Waals surface area contributed by atoms with Crippen LogP contribution in [-0.4, -0.2) is 26.3 Å². The molecule has 156 valence electrons. The van der Waals surface area contributed by atoms with Crippen LogP contribution in [0, 0.1) is 0 Å². The van der Waals surface area contributed by atoms with Gasteiger partial charge in [-0.1, -0.05) is 100 Å². The molecule has 0 radical (unpaired) electrons. The van der Waals surface area contributed by atoms with E-state index in [9.17, 15) is 4.79 Å². The number of rotatable bonds is 9. The molecule has 0 atom stereocenters. The molecule has 0 amide bonds. The number of nitrogens with zero attached hydrogens (tertiary/aromatic N) is 3. The Bertz CT molecular complexity index is 1130. The second kappa shape index (κ2) is 10.6. The standard InChI is InChI=1S/C25H22BrN3OS/c26-22-14-12-21(13-15-22)23(30)18-31-25-28-27-24(16-11-19-7-3-1-4-8-19)29(25)17-20-9-5-2-6-10-20/h1-10,12-15H,11,16-18H2. The van der Waals surface area contributed by atoms with Crippen molar-refractivity contribution in [1.82, 2.24) is 14.8 Å². The van der Waals surface area contributed by atoms with Gasteiger partial charge in [0.1, 0.15) is 5.82 Å². The van der Waals surface area contributed by atoms with Crippen LogP contribution in [0.1, 0.15) is 27.3 Å². The Morgan fingerprint density at radius 3 is 2.13 bits per heavy atom. The summed E-state index contributed by atoms with van der Waals surface area (Å²) in [6.07, 6.45) is 1.70. The Balaban J connectivity index is 1.51. The van der Waals surface area contributed by atoms with Gasteiger partial charge in [-0.3, -0.25) is 4.79 Å². The van der Waals surface area contributed by atoms with E-state index in [1.807, 2.05) is 48.5 Å². The number of thioether (sulfide) groups is 1. The average molecular weight is 492 g/mol. The molecule has 1 aromatic heterocycles. The highest BCUT2D eigenvalue weighted by Crippen LogP contribution is 2.22. The van der Waals surface area contributed by atoms with Crippen LogP contribution in [0.4, 0.5) is 0 Å². The first-order chi connectivity index (χ1) is 15.2. The molecule has 0 saturated heterocycles. The van der Waals surface area contributed by atoms with E-state index in [0.29, 0.717) is 17.9 Å². The molecule has 0 N–H and O–H groups in total. The van der Waals surface area contributed by atoms with Crippen molar-refractivity contribution in [1.29, 1.82) is 0 Å². The molecule has 0 unspecified atom stereocenters. The lowest BCUT2D eigenvalue weighted by Gasteiger charge is -2.10. The van der Waals surface area contributed by atoms with Crippen LogP contribution in [0.2, 0.25) is 0 Å². The fraction of sp³-hybridized carbons (Fsp3) is 0.160. The zero-order chi connectivity index (χ0) is 21.5. The molecule has 31 heavy (non-hydrogen) atoms. The number of hydrogen-bond donors (Lipinski definition) is 0. The second-order valence-corrected chi connectivity index (χ2v) is 9.03. The van der Waals surface area contributed by atoms with E-state index in [0.717, 1.165) is 28.3 Å². The van der Waals surface area contributed by atoms with Crippen LogP contribution < -0.4 is 0 Å². The molecule has 0 bridgehead atoms. The third kappa shape index (κ3) is 5.93. The minimum Gasteiger partial charge on any atom is -0.302 e. The largest absolute Gasteiger partial charge is 0.302 e. The van der Waals surface area contributed by atoms with Gasteiger partial charge in [0.05, 0.1) is 12.3 Å². The van der Waals surface area contributed by atoms with Gasteiger partial charge in [-0.25, -0.2) is 0 Å². The normalized spacial score (nSPS) is 10.9. The number of aryl methyl sites for hydroxylation is 2. The maximum absolute atomic E-state index is 12.6. The minimum absolute atomic E-state index is 0.0811. The van der Waals surface area contributed by atoms with Crippen molar-refractivity contribution in [3.63, 3.8) is 0 Å². The monoisotopic (exact) mass is 491 g/mol. The van der Waals surface area contributed by atoms with E-state index in [4.69, 9.17) is 0 Å². The maximum atomic E-state index is 12.6. The zero-order valence-electron chi connectivity index (χ0n) is 16.9. The van der Waals surface area contributed by atoms with E-state index in [1.165, 1.54) is 22.9 Å². The molecule has 0 aliphatic heterocycles. The summed E-state index contributed by atoms with van der Waals surface area (Å²) < 4.78 is 3.10. The maximum Gasteiger partial charge on any atom is 0.191 e. The molecule has 0 aliphatic carbocycles. The Morgan fingerprint density at radius 1 is 0.806 bits per heavy atom. The molecule has 1 heterocycles. The van der Waals surface area contributed by atoms with E-state index >= 15 is 0 Å². The van der Waals surface area contributed by atoms with Gasteiger partial charge in [0.15, 0.2) is 10.9 Å².